The molecule has 0 fully saturated rings. The van der Waals surface area contributed by atoms with Gasteiger partial charge < -0.3 is 9.64 Å². The van der Waals surface area contributed by atoms with Crippen molar-refractivity contribution in [2.75, 3.05) is 23.3 Å². The van der Waals surface area contributed by atoms with Crippen molar-refractivity contribution in [1.29, 1.82) is 0 Å². The summed E-state index contributed by atoms with van der Waals surface area (Å²) in [5.41, 5.74) is 2.65. The van der Waals surface area contributed by atoms with Gasteiger partial charge in [-0.15, -0.1) is 9.37 Å². The number of halogens is 2. The van der Waals surface area contributed by atoms with Crippen LogP contribution >= 0.6 is 31.9 Å². The van der Waals surface area contributed by atoms with Gasteiger partial charge in [-0.2, -0.15) is 0 Å². The summed E-state index contributed by atoms with van der Waals surface area (Å²) in [6, 6.07) is 22.9. The second-order valence-corrected chi connectivity index (χ2v) is 12.4. The van der Waals surface area contributed by atoms with E-state index in [1.54, 1.807) is 9.37 Å². The van der Waals surface area contributed by atoms with E-state index in [-0.39, 0.29) is 12.1 Å². The molecule has 0 saturated carbocycles. The van der Waals surface area contributed by atoms with Gasteiger partial charge in [-0.25, -0.2) is 4.79 Å². The predicted molar refractivity (Wildman–Crippen MR) is 166 cm³/mol. The topological polar surface area (TPSA) is 97.0 Å². The summed E-state index contributed by atoms with van der Waals surface area (Å²) in [4.78, 5) is 14.8. The number of benzene rings is 3. The number of hydrogen-bond donors (Lipinski definition) is 1. The van der Waals surface area contributed by atoms with Crippen molar-refractivity contribution in [2.24, 2.45) is 20.7 Å². The first kappa shape index (κ1) is 28.7. The summed E-state index contributed by atoms with van der Waals surface area (Å²) in [6.45, 7) is 6.51. The van der Waals surface area contributed by atoms with E-state index in [2.05, 4.69) is 62.8 Å². The van der Waals surface area contributed by atoms with E-state index in [9.17, 15) is 4.79 Å². The average molecular weight is 682 g/mol. The van der Waals surface area contributed by atoms with Crippen molar-refractivity contribution < 1.29 is 18.9 Å². The molecule has 1 amide bonds. The van der Waals surface area contributed by atoms with Crippen molar-refractivity contribution in [3.63, 3.8) is 0 Å². The lowest BCUT2D eigenvalue weighted by Gasteiger charge is -2.27. The Labute approximate surface area is 255 Å². The third-order valence-electron chi connectivity index (χ3n) is 6.10. The van der Waals surface area contributed by atoms with Gasteiger partial charge in [0.25, 0.3) is 0 Å². The zero-order valence-electron chi connectivity index (χ0n) is 22.9. The maximum atomic E-state index is 12.7. The minimum Gasteiger partial charge on any atom is -0.444 e. The SMILES string of the molecule is CC(C)(C)OC(=O)Nc1ccccc1N(CC1C=[N+](c2ccc(Br)cc2)N=N1)CC1C=[N+](c2ccc(Br)cc2)N=N1. The lowest BCUT2D eigenvalue weighted by Crippen LogP contribution is -2.38. The summed E-state index contributed by atoms with van der Waals surface area (Å²) in [5, 5.41) is 20.7. The van der Waals surface area contributed by atoms with Crippen LogP contribution in [0.15, 0.2) is 102 Å². The molecule has 5 rings (SSSR count). The smallest absolute Gasteiger partial charge is 0.412 e. The molecule has 10 nitrogen and oxygen atoms in total. The Kier molecular flexibility index (Phi) is 8.69. The van der Waals surface area contributed by atoms with Crippen molar-refractivity contribution in [2.45, 2.75) is 38.5 Å². The van der Waals surface area contributed by atoms with Gasteiger partial charge in [0.05, 0.1) is 24.5 Å². The molecule has 12 heteroatoms. The van der Waals surface area contributed by atoms with Gasteiger partial charge >= 0.3 is 6.09 Å². The molecule has 2 aliphatic heterocycles. The number of nitrogens with zero attached hydrogens (tertiary/aromatic N) is 7. The van der Waals surface area contributed by atoms with Gasteiger partial charge in [0, 0.05) is 19.2 Å². The van der Waals surface area contributed by atoms with Crippen LogP contribution in [0.5, 0.6) is 0 Å². The minimum atomic E-state index is -0.621. The number of rotatable bonds is 8. The van der Waals surface area contributed by atoms with Crippen LogP contribution in [0.4, 0.5) is 27.5 Å². The number of nitrogens with one attached hydrogen (secondary N) is 1. The zero-order valence-corrected chi connectivity index (χ0v) is 26.0. The van der Waals surface area contributed by atoms with E-state index in [0.717, 1.165) is 26.0 Å². The molecule has 2 heterocycles. The first-order valence-electron chi connectivity index (χ1n) is 13.1. The second kappa shape index (κ2) is 12.4. The molecule has 210 valence electrons. The lowest BCUT2D eigenvalue weighted by atomic mass is 10.2. The number of hydrogen-bond acceptors (Lipinski definition) is 7. The molecule has 41 heavy (non-hydrogen) atoms. The quantitative estimate of drug-likeness (QED) is 0.247. The normalized spacial score (nSPS) is 17.8. The second-order valence-electron chi connectivity index (χ2n) is 10.5. The van der Waals surface area contributed by atoms with Crippen molar-refractivity contribution in [1.82, 2.24) is 0 Å². The number of carbonyl (C=O) groups is 1. The highest BCUT2D eigenvalue weighted by Crippen LogP contribution is 2.29. The van der Waals surface area contributed by atoms with Gasteiger partial charge in [-0.05, 0) is 81.4 Å². The molecule has 0 aromatic heterocycles. The Morgan fingerprint density at radius 2 is 1.32 bits per heavy atom. The molecule has 0 radical (unpaired) electrons. The molecule has 3 aromatic rings. The summed E-state index contributed by atoms with van der Waals surface area (Å²) < 4.78 is 11.1. The molecule has 0 bridgehead atoms. The highest BCUT2D eigenvalue weighted by atomic mass is 79.9. The van der Waals surface area contributed by atoms with Gasteiger partial charge in [0.15, 0.2) is 23.8 Å². The molecule has 0 saturated heterocycles. The minimum absolute atomic E-state index is 0.228. The molecular formula is C29H30Br2N8O2+2. The molecule has 0 spiro atoms. The Balaban J connectivity index is 1.41. The fraction of sp³-hybridized carbons (Fsp3) is 0.276. The largest absolute Gasteiger partial charge is 0.444 e. The predicted octanol–water partition coefficient (Wildman–Crippen LogP) is 7.69. The Morgan fingerprint density at radius 1 is 0.829 bits per heavy atom. The summed E-state index contributed by atoms with van der Waals surface area (Å²) in [5.74, 6) is 0. The van der Waals surface area contributed by atoms with Gasteiger partial charge in [-0.3, -0.25) is 5.32 Å². The average Bonchev–Trinajstić information content (AvgIpc) is 3.58. The fourth-order valence-corrected chi connectivity index (χ4v) is 4.84. The highest BCUT2D eigenvalue weighted by Gasteiger charge is 2.32. The van der Waals surface area contributed by atoms with Crippen LogP contribution in [0.2, 0.25) is 0 Å². The molecule has 2 unspecified atom stereocenters. The molecule has 2 atom stereocenters. The Bertz CT molecular complexity index is 1450. The number of ether oxygens (including phenoxy) is 1. The van der Waals surface area contributed by atoms with Crippen LogP contribution in [0.25, 0.3) is 0 Å². The molecule has 1 N–H and O–H groups in total. The van der Waals surface area contributed by atoms with Crippen LogP contribution < -0.4 is 10.2 Å². The third-order valence-corrected chi connectivity index (χ3v) is 7.15. The van der Waals surface area contributed by atoms with E-state index in [4.69, 9.17) is 4.74 Å². The first-order valence-corrected chi connectivity index (χ1v) is 14.7. The van der Waals surface area contributed by atoms with Gasteiger partial charge in [-0.1, -0.05) is 44.0 Å². The highest BCUT2D eigenvalue weighted by molar-refractivity contribution is 9.10. The van der Waals surface area contributed by atoms with Crippen molar-refractivity contribution in [3.05, 3.63) is 81.7 Å². The van der Waals surface area contributed by atoms with E-state index < -0.39 is 11.7 Å². The number of para-hydroxylation sites is 2. The molecule has 2 aliphatic rings. The van der Waals surface area contributed by atoms with E-state index in [1.807, 2.05) is 106 Å². The van der Waals surface area contributed by atoms with Crippen LogP contribution in [-0.2, 0) is 4.74 Å². The van der Waals surface area contributed by atoms with Crippen molar-refractivity contribution >= 4 is 73.1 Å². The van der Waals surface area contributed by atoms with E-state index in [1.165, 1.54) is 0 Å². The van der Waals surface area contributed by atoms with E-state index in [0.29, 0.717) is 18.8 Å². The molecular weight excluding hydrogens is 652 g/mol. The standard InChI is InChI=1S/C29H29Br2N8O2/c1-29(2,3)41-28(40)32-26-6-4-5-7-27(26)37(16-22-18-38(35-33-22)24-12-8-20(30)9-13-24)17-23-19-39(36-34-23)25-14-10-21(31)11-15-25/h4-15,18-19,22-23H,16-17H2,1-3H3/q+1/p+1. The summed E-state index contributed by atoms with van der Waals surface area (Å²) in [6.07, 6.45) is 3.44. The maximum absolute atomic E-state index is 12.7. The van der Waals surface area contributed by atoms with Gasteiger partial charge in [0.1, 0.15) is 16.0 Å². The van der Waals surface area contributed by atoms with Crippen LogP contribution in [0, 0.1) is 0 Å². The Hall–Kier alpha value is -3.77. The number of amides is 1. The number of carbonyl (C=O) groups excluding carboxylic acids is 1. The lowest BCUT2D eigenvalue weighted by molar-refractivity contribution is -0.444. The fourth-order valence-electron chi connectivity index (χ4n) is 4.31. The Morgan fingerprint density at radius 3 is 1.80 bits per heavy atom. The third kappa shape index (κ3) is 7.70. The van der Waals surface area contributed by atoms with Crippen molar-refractivity contribution in [3.8, 4) is 0 Å². The molecule has 3 aromatic carbocycles. The molecule has 0 aliphatic carbocycles. The monoisotopic (exact) mass is 680 g/mol. The van der Waals surface area contributed by atoms with Gasteiger partial charge in [0.2, 0.25) is 12.1 Å². The number of anilines is 2. The first-order chi connectivity index (χ1) is 19.6. The van der Waals surface area contributed by atoms with Crippen LogP contribution in [0.3, 0.4) is 0 Å². The summed E-state index contributed by atoms with van der Waals surface area (Å²) in [7, 11) is 0. The zero-order chi connectivity index (χ0) is 29.0. The van der Waals surface area contributed by atoms with Crippen LogP contribution in [0.1, 0.15) is 20.8 Å². The van der Waals surface area contributed by atoms with E-state index >= 15 is 0 Å². The summed E-state index contributed by atoms with van der Waals surface area (Å²) >= 11 is 6.95. The van der Waals surface area contributed by atoms with Crippen LogP contribution in [-0.4, -0.2) is 58.7 Å². The maximum Gasteiger partial charge on any atom is 0.412 e.